The maximum atomic E-state index is 14.2. The van der Waals surface area contributed by atoms with Crippen molar-refractivity contribution in [1.82, 2.24) is 15.2 Å². The molecule has 1 N–H and O–H groups in total. The van der Waals surface area contributed by atoms with Crippen LogP contribution < -0.4 is 5.32 Å². The van der Waals surface area contributed by atoms with E-state index in [1.54, 1.807) is 12.3 Å². The molecule has 0 bridgehead atoms. The molecule has 1 fully saturated rings. The van der Waals surface area contributed by atoms with E-state index in [0.717, 1.165) is 31.6 Å². The van der Waals surface area contributed by atoms with Crippen LogP contribution in [0.25, 0.3) is 0 Å². The number of nitrogens with zero attached hydrogens (tertiary/aromatic N) is 2. The lowest BCUT2D eigenvalue weighted by atomic mass is 9.87. The van der Waals surface area contributed by atoms with E-state index in [1.165, 1.54) is 19.0 Å². The van der Waals surface area contributed by atoms with Crippen LogP contribution in [-0.4, -0.2) is 35.1 Å². The molecule has 1 aliphatic heterocycles. The average molecular weight is 279 g/mol. The van der Waals surface area contributed by atoms with Crippen LogP contribution in [0.4, 0.5) is 4.39 Å². The number of nitrogens with one attached hydrogen (secondary N) is 1. The quantitative estimate of drug-likeness (QED) is 0.867. The van der Waals surface area contributed by atoms with Crippen molar-refractivity contribution in [3.63, 3.8) is 0 Å². The van der Waals surface area contributed by atoms with Gasteiger partial charge in [-0.1, -0.05) is 6.92 Å². The third kappa shape index (κ3) is 3.18. The molecule has 1 aliphatic rings. The van der Waals surface area contributed by atoms with Crippen LogP contribution in [0.1, 0.15) is 51.6 Å². The normalized spacial score (nSPS) is 18.4. The van der Waals surface area contributed by atoms with Crippen LogP contribution in [0.2, 0.25) is 0 Å². The minimum absolute atomic E-state index is 0.0106. The number of halogens is 1. The lowest BCUT2D eigenvalue weighted by Crippen LogP contribution is -2.52. The molecular formula is C16H26FN3. The van der Waals surface area contributed by atoms with Gasteiger partial charge in [0.1, 0.15) is 5.82 Å². The van der Waals surface area contributed by atoms with E-state index in [0.29, 0.717) is 0 Å². The summed E-state index contributed by atoms with van der Waals surface area (Å²) in [6.45, 7) is 9.66. The van der Waals surface area contributed by atoms with Gasteiger partial charge in [-0.05, 0) is 58.8 Å². The van der Waals surface area contributed by atoms with E-state index in [4.69, 9.17) is 0 Å². The van der Waals surface area contributed by atoms with Gasteiger partial charge in [-0.25, -0.2) is 4.39 Å². The molecule has 0 aliphatic carbocycles. The van der Waals surface area contributed by atoms with Crippen molar-refractivity contribution in [2.24, 2.45) is 0 Å². The van der Waals surface area contributed by atoms with Crippen molar-refractivity contribution in [2.45, 2.75) is 51.6 Å². The Bertz CT molecular complexity index is 427. The summed E-state index contributed by atoms with van der Waals surface area (Å²) in [5.74, 6) is -0.214. The summed E-state index contributed by atoms with van der Waals surface area (Å²) in [5, 5.41) is 3.53. The lowest BCUT2D eigenvalue weighted by Gasteiger charge is -2.43. The van der Waals surface area contributed by atoms with E-state index >= 15 is 0 Å². The monoisotopic (exact) mass is 279 g/mol. The molecule has 4 heteroatoms. The number of hydrogen-bond acceptors (Lipinski definition) is 3. The highest BCUT2D eigenvalue weighted by Gasteiger charge is 2.38. The Morgan fingerprint density at radius 2 is 2.10 bits per heavy atom. The highest BCUT2D eigenvalue weighted by molar-refractivity contribution is 5.22. The van der Waals surface area contributed by atoms with Crippen LogP contribution >= 0.6 is 0 Å². The first kappa shape index (κ1) is 15.4. The molecule has 0 saturated carbocycles. The largest absolute Gasteiger partial charge is 0.308 e. The Morgan fingerprint density at radius 1 is 1.40 bits per heavy atom. The number of rotatable bonds is 6. The molecule has 1 aromatic heterocycles. The van der Waals surface area contributed by atoms with Gasteiger partial charge >= 0.3 is 0 Å². The Morgan fingerprint density at radius 3 is 2.70 bits per heavy atom. The molecule has 0 radical (unpaired) electrons. The molecule has 1 aromatic rings. The zero-order chi connectivity index (χ0) is 14.6. The molecule has 0 aromatic carbocycles. The zero-order valence-electron chi connectivity index (χ0n) is 12.8. The summed E-state index contributed by atoms with van der Waals surface area (Å²) in [7, 11) is 0. The van der Waals surface area contributed by atoms with Crippen LogP contribution in [-0.2, 0) is 0 Å². The van der Waals surface area contributed by atoms with Crippen LogP contribution in [0.5, 0.6) is 0 Å². The molecule has 2 heterocycles. The first-order chi connectivity index (χ1) is 9.57. The second-order valence-corrected chi connectivity index (χ2v) is 6.13. The van der Waals surface area contributed by atoms with E-state index in [2.05, 4.69) is 36.0 Å². The minimum Gasteiger partial charge on any atom is -0.308 e. The topological polar surface area (TPSA) is 28.2 Å². The molecular weight excluding hydrogens is 253 g/mol. The number of hydrogen-bond donors (Lipinski definition) is 1. The smallest absolute Gasteiger partial charge is 0.146 e. The summed E-state index contributed by atoms with van der Waals surface area (Å²) >= 11 is 0. The Hall–Kier alpha value is -1.00. The van der Waals surface area contributed by atoms with E-state index < -0.39 is 0 Å². The maximum Gasteiger partial charge on any atom is 0.146 e. The second-order valence-electron chi connectivity index (χ2n) is 6.13. The predicted molar refractivity (Wildman–Crippen MR) is 80.1 cm³/mol. The third-order valence-corrected chi connectivity index (χ3v) is 4.34. The summed E-state index contributed by atoms with van der Waals surface area (Å²) in [6, 6.07) is 1.80. The molecule has 1 unspecified atom stereocenters. The maximum absolute atomic E-state index is 14.2. The van der Waals surface area contributed by atoms with E-state index in [1.807, 2.05) is 0 Å². The van der Waals surface area contributed by atoms with Crippen molar-refractivity contribution in [1.29, 1.82) is 0 Å². The van der Waals surface area contributed by atoms with Crippen molar-refractivity contribution < 1.29 is 4.39 Å². The van der Waals surface area contributed by atoms with Gasteiger partial charge in [-0.15, -0.1) is 0 Å². The van der Waals surface area contributed by atoms with Crippen LogP contribution in [0, 0.1) is 5.82 Å². The average Bonchev–Trinajstić information content (AvgIpc) is 2.95. The van der Waals surface area contributed by atoms with E-state index in [9.17, 15) is 4.39 Å². The number of aromatic nitrogens is 1. The first-order valence-electron chi connectivity index (χ1n) is 7.65. The molecule has 2 rings (SSSR count). The third-order valence-electron chi connectivity index (χ3n) is 4.34. The van der Waals surface area contributed by atoms with Gasteiger partial charge in [-0.3, -0.25) is 9.88 Å². The highest BCUT2D eigenvalue weighted by atomic mass is 19.1. The molecule has 1 atom stereocenters. The second kappa shape index (κ2) is 6.64. The molecule has 0 spiro atoms. The fourth-order valence-electron chi connectivity index (χ4n) is 3.13. The van der Waals surface area contributed by atoms with Crippen molar-refractivity contribution in [3.05, 3.63) is 29.8 Å². The van der Waals surface area contributed by atoms with Gasteiger partial charge in [-0.2, -0.15) is 0 Å². The summed E-state index contributed by atoms with van der Waals surface area (Å²) in [4.78, 5) is 6.34. The van der Waals surface area contributed by atoms with Gasteiger partial charge in [0.05, 0.1) is 12.2 Å². The fourth-order valence-corrected chi connectivity index (χ4v) is 3.13. The van der Waals surface area contributed by atoms with Crippen molar-refractivity contribution in [3.8, 4) is 0 Å². The molecule has 0 amide bonds. The van der Waals surface area contributed by atoms with Gasteiger partial charge < -0.3 is 5.32 Å². The summed E-state index contributed by atoms with van der Waals surface area (Å²) < 4.78 is 14.2. The zero-order valence-corrected chi connectivity index (χ0v) is 12.8. The Labute approximate surface area is 121 Å². The van der Waals surface area contributed by atoms with Gasteiger partial charge in [0, 0.05) is 17.3 Å². The highest BCUT2D eigenvalue weighted by Crippen LogP contribution is 2.34. The number of likely N-dealkylation sites (tertiary alicyclic amines) is 1. The van der Waals surface area contributed by atoms with E-state index in [-0.39, 0.29) is 17.4 Å². The lowest BCUT2D eigenvalue weighted by molar-refractivity contribution is 0.105. The van der Waals surface area contributed by atoms with Gasteiger partial charge in [0.25, 0.3) is 0 Å². The minimum atomic E-state index is -0.214. The molecule has 1 saturated heterocycles. The SMILES string of the molecule is CCCNC(c1ccncc1F)C(C)(C)N1CCCC1. The molecule has 3 nitrogen and oxygen atoms in total. The molecule has 20 heavy (non-hydrogen) atoms. The fraction of sp³-hybridized carbons (Fsp3) is 0.688. The van der Waals surface area contributed by atoms with Crippen LogP contribution in [0.15, 0.2) is 18.5 Å². The van der Waals surface area contributed by atoms with Crippen molar-refractivity contribution >= 4 is 0 Å². The van der Waals surface area contributed by atoms with Crippen LogP contribution in [0.3, 0.4) is 0 Å². The Balaban J connectivity index is 2.29. The number of pyridine rings is 1. The predicted octanol–water partition coefficient (Wildman–Crippen LogP) is 3.14. The summed E-state index contributed by atoms with van der Waals surface area (Å²) in [6.07, 6.45) is 6.51. The van der Waals surface area contributed by atoms with Gasteiger partial charge in [0.2, 0.25) is 0 Å². The molecule has 112 valence electrons. The van der Waals surface area contributed by atoms with Gasteiger partial charge in [0.15, 0.2) is 0 Å². The standard InChI is InChI=1S/C16H26FN3/c1-4-8-19-15(13-7-9-18-12-14(13)17)16(2,3)20-10-5-6-11-20/h7,9,12,15,19H,4-6,8,10-11H2,1-3H3. The Kier molecular flexibility index (Phi) is 5.11. The first-order valence-corrected chi connectivity index (χ1v) is 7.65. The summed E-state index contributed by atoms with van der Waals surface area (Å²) in [5.41, 5.74) is 0.624. The van der Waals surface area contributed by atoms with Crippen molar-refractivity contribution in [2.75, 3.05) is 19.6 Å².